The fourth-order valence-corrected chi connectivity index (χ4v) is 4.02. The number of carbonyl (C=O) groups excluding carboxylic acids is 3. The minimum absolute atomic E-state index is 0.0541. The second kappa shape index (κ2) is 9.31. The van der Waals surface area contributed by atoms with Crippen molar-refractivity contribution < 1.29 is 14.4 Å². The van der Waals surface area contributed by atoms with E-state index in [0.29, 0.717) is 27.6 Å². The van der Waals surface area contributed by atoms with Crippen LogP contribution in [-0.4, -0.2) is 23.8 Å². The molecule has 7 heteroatoms. The lowest BCUT2D eigenvalue weighted by Gasteiger charge is -2.36. The van der Waals surface area contributed by atoms with E-state index in [1.807, 2.05) is 12.1 Å². The predicted molar refractivity (Wildman–Crippen MR) is 136 cm³/mol. The van der Waals surface area contributed by atoms with Gasteiger partial charge in [-0.25, -0.2) is 0 Å². The summed E-state index contributed by atoms with van der Waals surface area (Å²) in [5.74, 6) is -1.14. The average molecular weight is 476 g/mol. The Morgan fingerprint density at radius 2 is 1.62 bits per heavy atom. The molecule has 1 aliphatic rings. The minimum atomic E-state index is -1.00. The van der Waals surface area contributed by atoms with Crippen LogP contribution < -0.4 is 15.5 Å². The third kappa shape index (κ3) is 4.97. The number of halogens is 1. The number of nitrogens with zero attached hydrogens (tertiary/aromatic N) is 1. The molecule has 0 spiro atoms. The first-order chi connectivity index (χ1) is 16.1. The number of para-hydroxylation sites is 2. The van der Waals surface area contributed by atoms with Gasteiger partial charge in [0.25, 0.3) is 5.91 Å². The van der Waals surface area contributed by atoms with Crippen LogP contribution in [0.5, 0.6) is 0 Å². The second-order valence-corrected chi connectivity index (χ2v) is 9.72. The van der Waals surface area contributed by atoms with E-state index in [4.69, 9.17) is 11.6 Å². The smallest absolute Gasteiger partial charge is 0.259 e. The van der Waals surface area contributed by atoms with E-state index < -0.39 is 11.9 Å². The lowest BCUT2D eigenvalue weighted by atomic mass is 9.86. The first-order valence-corrected chi connectivity index (χ1v) is 11.4. The van der Waals surface area contributed by atoms with Crippen molar-refractivity contribution in [1.82, 2.24) is 0 Å². The Morgan fingerprint density at radius 1 is 0.971 bits per heavy atom. The Hall–Kier alpha value is -3.64. The van der Waals surface area contributed by atoms with Crippen molar-refractivity contribution in [2.75, 3.05) is 15.5 Å². The summed E-state index contributed by atoms with van der Waals surface area (Å²) in [6.07, 6.45) is -0.200. The molecule has 1 heterocycles. The number of anilines is 3. The normalized spacial score (nSPS) is 15.4. The van der Waals surface area contributed by atoms with Gasteiger partial charge in [0.1, 0.15) is 6.04 Å². The summed E-state index contributed by atoms with van der Waals surface area (Å²) >= 11 is 5.91. The molecule has 0 fully saturated rings. The summed E-state index contributed by atoms with van der Waals surface area (Å²) in [5.41, 5.74) is 3.13. The van der Waals surface area contributed by atoms with Gasteiger partial charge >= 0.3 is 0 Å². The Kier molecular flexibility index (Phi) is 6.44. The van der Waals surface area contributed by atoms with E-state index in [9.17, 15) is 14.4 Å². The van der Waals surface area contributed by atoms with Gasteiger partial charge in [-0.05, 0) is 59.5 Å². The van der Waals surface area contributed by atoms with Crippen LogP contribution in [-0.2, 0) is 15.0 Å². The molecule has 1 atom stereocenters. The standard InChI is InChI=1S/C27H26ClN3O3/c1-27(2,3)18-10-8-17(9-11-18)26(34)31-22-7-5-4-6-21(22)30-25(33)23(31)16-24(32)29-20-14-12-19(28)13-15-20/h4-15,23H,16H2,1-3H3,(H,29,32)(H,30,33)/t23-/m1/s1. The molecule has 34 heavy (non-hydrogen) atoms. The molecule has 0 aliphatic carbocycles. The van der Waals surface area contributed by atoms with Gasteiger partial charge in [-0.1, -0.05) is 56.6 Å². The Labute approximate surface area is 203 Å². The lowest BCUT2D eigenvalue weighted by molar-refractivity contribution is -0.122. The number of nitrogens with one attached hydrogen (secondary N) is 2. The fourth-order valence-electron chi connectivity index (χ4n) is 3.90. The number of benzene rings is 3. The van der Waals surface area contributed by atoms with Crippen molar-refractivity contribution in [3.8, 4) is 0 Å². The van der Waals surface area contributed by atoms with E-state index in [0.717, 1.165) is 5.56 Å². The van der Waals surface area contributed by atoms with Crippen molar-refractivity contribution in [3.63, 3.8) is 0 Å². The average Bonchev–Trinajstić information content (AvgIpc) is 2.80. The number of carbonyl (C=O) groups is 3. The number of hydrogen-bond acceptors (Lipinski definition) is 3. The molecular formula is C27H26ClN3O3. The summed E-state index contributed by atoms with van der Waals surface area (Å²) in [4.78, 5) is 40.9. The molecule has 174 valence electrons. The van der Waals surface area contributed by atoms with Gasteiger partial charge in [-0.3, -0.25) is 19.3 Å². The zero-order valence-corrected chi connectivity index (χ0v) is 20.0. The Bertz CT molecular complexity index is 1230. The highest BCUT2D eigenvalue weighted by atomic mass is 35.5. The van der Waals surface area contributed by atoms with Crippen LogP contribution in [0.1, 0.15) is 43.1 Å². The molecule has 4 rings (SSSR count). The summed E-state index contributed by atoms with van der Waals surface area (Å²) in [6.45, 7) is 6.30. The molecule has 0 aromatic heterocycles. The lowest BCUT2D eigenvalue weighted by Crippen LogP contribution is -2.52. The van der Waals surface area contributed by atoms with Crippen molar-refractivity contribution in [1.29, 1.82) is 0 Å². The monoisotopic (exact) mass is 475 g/mol. The van der Waals surface area contributed by atoms with Crippen LogP contribution in [0.25, 0.3) is 0 Å². The molecule has 0 saturated carbocycles. The molecular weight excluding hydrogens is 450 g/mol. The first-order valence-electron chi connectivity index (χ1n) is 11.0. The molecule has 1 aliphatic heterocycles. The number of hydrogen-bond donors (Lipinski definition) is 2. The highest BCUT2D eigenvalue weighted by Gasteiger charge is 2.38. The molecule has 0 bridgehead atoms. The van der Waals surface area contributed by atoms with E-state index in [2.05, 4.69) is 31.4 Å². The predicted octanol–water partition coefficient (Wildman–Crippen LogP) is 5.63. The number of rotatable bonds is 4. The van der Waals surface area contributed by atoms with Gasteiger partial charge in [-0.15, -0.1) is 0 Å². The number of amides is 3. The van der Waals surface area contributed by atoms with Crippen molar-refractivity contribution >= 4 is 46.4 Å². The largest absolute Gasteiger partial charge is 0.326 e. The molecule has 3 aromatic rings. The number of fused-ring (bicyclic) bond motifs is 1. The van der Waals surface area contributed by atoms with Crippen LogP contribution in [0.15, 0.2) is 72.8 Å². The molecule has 0 saturated heterocycles. The van der Waals surface area contributed by atoms with Gasteiger partial charge < -0.3 is 10.6 Å². The van der Waals surface area contributed by atoms with E-state index in [1.54, 1.807) is 60.7 Å². The topological polar surface area (TPSA) is 78.5 Å². The van der Waals surface area contributed by atoms with Gasteiger partial charge in [0.15, 0.2) is 0 Å². The van der Waals surface area contributed by atoms with Crippen LogP contribution >= 0.6 is 11.6 Å². The van der Waals surface area contributed by atoms with Crippen LogP contribution in [0.3, 0.4) is 0 Å². The Balaban J connectivity index is 1.64. The third-order valence-electron chi connectivity index (χ3n) is 5.76. The summed E-state index contributed by atoms with van der Waals surface area (Å²) < 4.78 is 0. The minimum Gasteiger partial charge on any atom is -0.326 e. The molecule has 2 N–H and O–H groups in total. The van der Waals surface area contributed by atoms with Crippen LogP contribution in [0, 0.1) is 0 Å². The molecule has 3 aromatic carbocycles. The fraction of sp³-hybridized carbons (Fsp3) is 0.222. The zero-order valence-electron chi connectivity index (χ0n) is 19.3. The van der Waals surface area contributed by atoms with E-state index in [-0.39, 0.29) is 23.7 Å². The highest BCUT2D eigenvalue weighted by molar-refractivity contribution is 6.30. The van der Waals surface area contributed by atoms with Crippen molar-refractivity contribution in [3.05, 3.63) is 88.9 Å². The maximum Gasteiger partial charge on any atom is 0.259 e. The zero-order chi connectivity index (χ0) is 24.5. The van der Waals surface area contributed by atoms with Gasteiger partial charge in [0.2, 0.25) is 11.8 Å². The van der Waals surface area contributed by atoms with E-state index >= 15 is 0 Å². The summed E-state index contributed by atoms with van der Waals surface area (Å²) in [7, 11) is 0. The van der Waals surface area contributed by atoms with E-state index in [1.165, 1.54) is 4.90 Å². The maximum atomic E-state index is 13.7. The molecule has 3 amide bonds. The van der Waals surface area contributed by atoms with Gasteiger partial charge in [0.05, 0.1) is 17.8 Å². The molecule has 0 radical (unpaired) electrons. The van der Waals surface area contributed by atoms with Crippen LogP contribution in [0.2, 0.25) is 5.02 Å². The second-order valence-electron chi connectivity index (χ2n) is 9.28. The Morgan fingerprint density at radius 3 is 2.26 bits per heavy atom. The van der Waals surface area contributed by atoms with Crippen molar-refractivity contribution in [2.24, 2.45) is 0 Å². The third-order valence-corrected chi connectivity index (χ3v) is 6.01. The van der Waals surface area contributed by atoms with Gasteiger partial charge in [0, 0.05) is 16.3 Å². The SMILES string of the molecule is CC(C)(C)c1ccc(C(=O)N2c3ccccc3NC(=O)[C@H]2CC(=O)Nc2ccc(Cl)cc2)cc1. The van der Waals surface area contributed by atoms with Crippen LogP contribution in [0.4, 0.5) is 17.1 Å². The maximum absolute atomic E-state index is 13.7. The highest BCUT2D eigenvalue weighted by Crippen LogP contribution is 2.34. The quantitative estimate of drug-likeness (QED) is 0.513. The first kappa shape index (κ1) is 23.5. The summed E-state index contributed by atoms with van der Waals surface area (Å²) in [6, 6.07) is 20.1. The molecule has 0 unspecified atom stereocenters. The van der Waals surface area contributed by atoms with Crippen molar-refractivity contribution in [2.45, 2.75) is 38.6 Å². The molecule has 6 nitrogen and oxygen atoms in total. The summed E-state index contributed by atoms with van der Waals surface area (Å²) in [5, 5.41) is 6.14. The van der Waals surface area contributed by atoms with Gasteiger partial charge in [-0.2, -0.15) is 0 Å².